The second-order valence-corrected chi connectivity index (χ2v) is 10.2. The van der Waals surface area contributed by atoms with Crippen molar-refractivity contribution < 1.29 is 19.3 Å². The van der Waals surface area contributed by atoms with Crippen molar-refractivity contribution in [3.8, 4) is 11.5 Å². The maximum atomic E-state index is 13.2. The van der Waals surface area contributed by atoms with Crippen molar-refractivity contribution in [1.82, 2.24) is 4.90 Å². The molecule has 3 N–H and O–H groups in total. The van der Waals surface area contributed by atoms with Crippen LogP contribution >= 0.6 is 0 Å². The second-order valence-electron chi connectivity index (χ2n) is 10.2. The quantitative estimate of drug-likeness (QED) is 0.254. The van der Waals surface area contributed by atoms with Crippen molar-refractivity contribution in [3.05, 3.63) is 65.5 Å². The zero-order chi connectivity index (χ0) is 24.2. The molecule has 0 amide bonds. The Labute approximate surface area is 205 Å². The Bertz CT molecular complexity index is 1180. The molecule has 1 fully saturated rings. The number of nitrogens with one attached hydrogen (secondary N) is 1. The lowest BCUT2D eigenvalue weighted by Crippen LogP contribution is -2.65. The van der Waals surface area contributed by atoms with Crippen LogP contribution < -0.4 is 10.1 Å². The number of aromatic hydroxyl groups is 1. The Morgan fingerprint density at radius 2 is 2.06 bits per heavy atom. The molecule has 2 aliphatic heterocycles. The van der Waals surface area contributed by atoms with Gasteiger partial charge in [0.25, 0.3) is 0 Å². The summed E-state index contributed by atoms with van der Waals surface area (Å²) in [6, 6.07) is 10.5. The van der Waals surface area contributed by atoms with E-state index in [-0.39, 0.29) is 29.0 Å². The van der Waals surface area contributed by atoms with E-state index in [0.717, 1.165) is 62.4 Å². The predicted octanol–water partition coefficient (Wildman–Crippen LogP) is 4.02. The second kappa shape index (κ2) is 8.64. The van der Waals surface area contributed by atoms with E-state index in [9.17, 15) is 14.6 Å². The number of piperidine rings is 1. The molecule has 1 spiro atoms. The minimum atomic E-state index is -0.661. The van der Waals surface area contributed by atoms with Crippen LogP contribution in [0.4, 0.5) is 10.1 Å². The molecule has 7 heteroatoms. The number of rotatable bonds is 6. The average Bonchev–Trinajstić information content (AvgIpc) is 3.22. The van der Waals surface area contributed by atoms with Gasteiger partial charge in [0.15, 0.2) is 11.5 Å². The lowest BCUT2D eigenvalue weighted by molar-refractivity contribution is -0.0516. The van der Waals surface area contributed by atoms with E-state index >= 15 is 0 Å². The highest BCUT2D eigenvalue weighted by Crippen LogP contribution is 2.62. The van der Waals surface area contributed by atoms with Gasteiger partial charge < -0.3 is 20.3 Å². The van der Waals surface area contributed by atoms with Crippen molar-refractivity contribution in [3.63, 3.8) is 0 Å². The Morgan fingerprint density at radius 3 is 2.86 bits per heavy atom. The van der Waals surface area contributed by atoms with E-state index in [2.05, 4.69) is 23.2 Å². The highest BCUT2D eigenvalue weighted by Gasteiger charge is 2.64. The van der Waals surface area contributed by atoms with E-state index in [1.807, 2.05) is 12.1 Å². The summed E-state index contributed by atoms with van der Waals surface area (Å²) >= 11 is 0. The minimum Gasteiger partial charge on any atom is -0.504 e. The number of benzene rings is 2. The Morgan fingerprint density at radius 1 is 1.23 bits per heavy atom. The molecular weight excluding hydrogens is 445 g/mol. The summed E-state index contributed by atoms with van der Waals surface area (Å²) in [5, 5.41) is 24.6. The summed E-state index contributed by atoms with van der Waals surface area (Å²) in [5.41, 5.74) is 2.96. The van der Waals surface area contributed by atoms with E-state index in [1.165, 1.54) is 17.7 Å². The number of aliphatic hydroxyl groups excluding tert-OH is 1. The lowest BCUT2D eigenvalue weighted by Gasteiger charge is -2.57. The summed E-state index contributed by atoms with van der Waals surface area (Å²) in [5.74, 6) is 1.68. The Hall–Kier alpha value is -2.90. The molecule has 0 aromatic heterocycles. The van der Waals surface area contributed by atoms with Crippen LogP contribution in [0, 0.1) is 11.7 Å². The number of hydrogen-bond donors (Lipinski definition) is 3. The third-order valence-corrected chi connectivity index (χ3v) is 8.36. The van der Waals surface area contributed by atoms with Gasteiger partial charge in [-0.05, 0) is 61.7 Å². The molecule has 6 rings (SSSR count). The van der Waals surface area contributed by atoms with Gasteiger partial charge in [-0.25, -0.2) is 4.39 Å². The topological polar surface area (TPSA) is 77.3 Å². The molecule has 184 valence electrons. The third-order valence-electron chi connectivity index (χ3n) is 8.36. The smallest absolute Gasteiger partial charge is 0.165 e. The average molecular weight is 478 g/mol. The molecule has 4 aliphatic rings. The molecule has 2 bridgehead atoms. The zero-order valence-electron chi connectivity index (χ0n) is 20.0. The Balaban J connectivity index is 1.17. The van der Waals surface area contributed by atoms with Gasteiger partial charge in [-0.2, -0.15) is 0 Å². The number of halogens is 1. The number of aliphatic hydroxyl groups is 1. The lowest BCUT2D eigenvalue weighted by atomic mass is 9.53. The van der Waals surface area contributed by atoms with E-state index in [4.69, 9.17) is 9.73 Å². The van der Waals surface area contributed by atoms with Crippen LogP contribution in [-0.4, -0.2) is 58.8 Å². The molecule has 2 aliphatic carbocycles. The van der Waals surface area contributed by atoms with Gasteiger partial charge in [0.1, 0.15) is 23.9 Å². The molecule has 35 heavy (non-hydrogen) atoms. The summed E-state index contributed by atoms with van der Waals surface area (Å²) in [4.78, 5) is 7.35. The van der Waals surface area contributed by atoms with E-state index < -0.39 is 6.10 Å². The molecule has 6 nitrogen and oxygen atoms in total. The molecule has 1 unspecified atom stereocenters. The number of hydrogen-bond acceptors (Lipinski definition) is 5. The van der Waals surface area contributed by atoms with Gasteiger partial charge in [-0.3, -0.25) is 9.89 Å². The first-order valence-corrected chi connectivity index (χ1v) is 12.7. The number of ether oxygens (including phenoxy) is 1. The van der Waals surface area contributed by atoms with Crippen molar-refractivity contribution in [2.24, 2.45) is 10.9 Å². The first-order chi connectivity index (χ1) is 17.0. The van der Waals surface area contributed by atoms with Crippen molar-refractivity contribution in [1.29, 1.82) is 0 Å². The summed E-state index contributed by atoms with van der Waals surface area (Å²) in [6.45, 7) is 4.69. The number of phenols is 1. The minimum absolute atomic E-state index is 0.179. The molecular formula is C28H32FN3O3. The first kappa shape index (κ1) is 22.6. The first-order valence-electron chi connectivity index (χ1n) is 12.7. The van der Waals surface area contributed by atoms with E-state index in [0.29, 0.717) is 11.8 Å². The number of aliphatic imine (C=N–C) groups is 1. The summed E-state index contributed by atoms with van der Waals surface area (Å²) < 4.78 is 19.4. The fourth-order valence-corrected chi connectivity index (χ4v) is 6.84. The molecule has 2 aromatic rings. The van der Waals surface area contributed by atoms with Gasteiger partial charge in [-0.1, -0.05) is 25.1 Å². The van der Waals surface area contributed by atoms with Crippen molar-refractivity contribution in [2.45, 2.75) is 56.3 Å². The van der Waals surface area contributed by atoms with Gasteiger partial charge in [0, 0.05) is 48.1 Å². The SMILES string of the molecule is CCC(=NCCCN1CC[C@]23c4c5ccc(O)c4O[C@H]2[C@@H](O)C=CC3[C@@H]1C5)Nc1ccc(F)cc1. The molecule has 2 heterocycles. The monoisotopic (exact) mass is 477 g/mol. The number of anilines is 1. The van der Waals surface area contributed by atoms with Crippen LogP contribution in [0.15, 0.2) is 53.5 Å². The fraction of sp³-hybridized carbons (Fsp3) is 0.464. The molecule has 2 aromatic carbocycles. The maximum Gasteiger partial charge on any atom is 0.165 e. The van der Waals surface area contributed by atoms with Gasteiger partial charge in [-0.15, -0.1) is 0 Å². The Kier molecular flexibility index (Phi) is 5.57. The van der Waals surface area contributed by atoms with Crippen molar-refractivity contribution >= 4 is 11.5 Å². The highest BCUT2D eigenvalue weighted by molar-refractivity contribution is 5.95. The normalized spacial score (nSPS) is 30.7. The van der Waals surface area contributed by atoms with Gasteiger partial charge in [0.05, 0.1) is 0 Å². The van der Waals surface area contributed by atoms with Gasteiger partial charge in [0.2, 0.25) is 0 Å². The predicted molar refractivity (Wildman–Crippen MR) is 134 cm³/mol. The third kappa shape index (κ3) is 3.55. The molecule has 1 saturated heterocycles. The van der Waals surface area contributed by atoms with Crippen LogP contribution in [-0.2, 0) is 11.8 Å². The molecule has 0 radical (unpaired) electrons. The largest absolute Gasteiger partial charge is 0.504 e. The van der Waals surface area contributed by atoms with E-state index in [1.54, 1.807) is 18.2 Å². The van der Waals surface area contributed by atoms with Crippen LogP contribution in [0.3, 0.4) is 0 Å². The summed E-state index contributed by atoms with van der Waals surface area (Å²) in [6.07, 6.45) is 6.64. The summed E-state index contributed by atoms with van der Waals surface area (Å²) in [7, 11) is 0. The van der Waals surface area contributed by atoms with Crippen LogP contribution in [0.2, 0.25) is 0 Å². The number of nitrogens with zero attached hydrogens (tertiary/aromatic N) is 2. The number of likely N-dealkylation sites (tertiary alicyclic amines) is 1. The number of amidine groups is 1. The maximum absolute atomic E-state index is 13.2. The highest BCUT2D eigenvalue weighted by atomic mass is 19.1. The van der Waals surface area contributed by atoms with Gasteiger partial charge >= 0.3 is 0 Å². The zero-order valence-corrected chi connectivity index (χ0v) is 20.0. The molecule has 5 atom stereocenters. The van der Waals surface area contributed by atoms with Crippen LogP contribution in [0.5, 0.6) is 11.5 Å². The standard InChI is InChI=1S/C28H32FN3O3/c1-2-24(31-19-7-5-18(29)6-8-19)30-13-3-14-32-15-12-28-20-9-11-23(34)27(28)35-26-22(33)10-4-17(25(26)28)16-21(20)32/h4-11,20-21,23,27,33-34H,2-3,12-16H2,1H3,(H,30,31)/t20?,21-,23-,27-,28-/m0/s1. The van der Waals surface area contributed by atoms with Crippen molar-refractivity contribution in [2.75, 3.05) is 25.0 Å². The van der Waals surface area contributed by atoms with Crippen LogP contribution in [0.25, 0.3) is 0 Å². The fourth-order valence-electron chi connectivity index (χ4n) is 6.84. The molecule has 0 saturated carbocycles. The van der Waals surface area contributed by atoms with Crippen LogP contribution in [0.1, 0.15) is 37.3 Å². The number of phenolic OH excluding ortho intramolecular Hbond substituents is 1.